The number of nitrogens with zero attached hydrogens (tertiary/aromatic N) is 2. The number of pyridine rings is 1. The molecule has 3 N–H and O–H groups in total. The molecule has 0 aliphatic heterocycles. The van der Waals surface area contributed by atoms with E-state index in [4.69, 9.17) is 16.0 Å². The number of hydrogen-bond donors (Lipinski definition) is 3. The zero-order valence-electron chi connectivity index (χ0n) is 18.3. The number of imidazole rings is 1. The fourth-order valence-electron chi connectivity index (χ4n) is 3.60. The zero-order chi connectivity index (χ0) is 24.5. The Bertz CT molecular complexity index is 1530. The number of fused-ring (bicyclic) bond motifs is 1. The maximum Gasteiger partial charge on any atom is 0.291 e. The van der Waals surface area contributed by atoms with Crippen LogP contribution in [-0.4, -0.2) is 20.9 Å². The molecule has 0 saturated heterocycles. The van der Waals surface area contributed by atoms with Gasteiger partial charge >= 0.3 is 0 Å². The average Bonchev–Trinajstić information content (AvgIpc) is 3.46. The average molecular weight is 494 g/mol. The molecule has 35 heavy (non-hydrogen) atoms. The monoisotopic (exact) mass is 493 g/mol. The predicted octanol–water partition coefficient (Wildman–Crippen LogP) is 6.57. The maximum absolute atomic E-state index is 13.2. The van der Waals surface area contributed by atoms with Crippen LogP contribution >= 0.6 is 11.6 Å². The Labute approximate surface area is 203 Å². The van der Waals surface area contributed by atoms with Gasteiger partial charge in [0, 0.05) is 23.4 Å². The summed E-state index contributed by atoms with van der Waals surface area (Å²) in [5.74, 6) is -0.575. The molecule has 0 saturated carbocycles. The van der Waals surface area contributed by atoms with E-state index in [2.05, 4.69) is 25.6 Å². The van der Waals surface area contributed by atoms with Crippen LogP contribution in [0, 0.1) is 11.8 Å². The summed E-state index contributed by atoms with van der Waals surface area (Å²) < 4.78 is 31.0. The topological polar surface area (TPSA) is 95.8 Å². The molecule has 3 aromatic heterocycles. The molecule has 5 rings (SSSR count). The smallest absolute Gasteiger partial charge is 0.291 e. The molecule has 0 bridgehead atoms. The largest absolute Gasteiger partial charge is 0.426 e. The van der Waals surface area contributed by atoms with Crippen LogP contribution < -0.4 is 10.6 Å². The summed E-state index contributed by atoms with van der Waals surface area (Å²) in [6, 6.07) is 14.4. The van der Waals surface area contributed by atoms with Crippen molar-refractivity contribution in [1.82, 2.24) is 15.0 Å². The maximum atomic E-state index is 13.2. The first-order chi connectivity index (χ1) is 16.9. The Balaban J connectivity index is 1.38. The van der Waals surface area contributed by atoms with Gasteiger partial charge in [-0.3, -0.25) is 4.79 Å². The molecule has 0 fully saturated rings. The van der Waals surface area contributed by atoms with E-state index >= 15 is 0 Å². The van der Waals surface area contributed by atoms with Crippen molar-refractivity contribution < 1.29 is 18.0 Å². The number of hydrogen-bond acceptors (Lipinski definition) is 5. The number of halogens is 3. The molecule has 0 aliphatic rings. The van der Waals surface area contributed by atoms with Crippen molar-refractivity contribution in [3.63, 3.8) is 0 Å². The van der Waals surface area contributed by atoms with Gasteiger partial charge in [0.2, 0.25) is 0 Å². The molecule has 1 atom stereocenters. The summed E-state index contributed by atoms with van der Waals surface area (Å²) in [6.45, 7) is 1.96. The van der Waals surface area contributed by atoms with Crippen molar-refractivity contribution in [2.75, 3.05) is 10.6 Å². The number of aromatic nitrogens is 3. The quantitative estimate of drug-likeness (QED) is 0.248. The first-order valence-electron chi connectivity index (χ1n) is 10.6. The summed E-state index contributed by atoms with van der Waals surface area (Å²) >= 11 is 6.39. The Morgan fingerprint density at radius 2 is 1.86 bits per heavy atom. The number of anilines is 2. The summed E-state index contributed by atoms with van der Waals surface area (Å²) in [4.78, 5) is 24.4. The van der Waals surface area contributed by atoms with E-state index in [1.807, 2.05) is 13.0 Å². The molecule has 5 aromatic rings. The number of aromatic amines is 1. The second-order valence-corrected chi connectivity index (χ2v) is 8.26. The van der Waals surface area contributed by atoms with Crippen LogP contribution in [0.2, 0.25) is 5.02 Å². The highest BCUT2D eigenvalue weighted by molar-refractivity contribution is 6.33. The van der Waals surface area contributed by atoms with Gasteiger partial charge in [-0.25, -0.2) is 14.4 Å². The van der Waals surface area contributed by atoms with E-state index in [9.17, 15) is 13.6 Å². The van der Waals surface area contributed by atoms with Gasteiger partial charge < -0.3 is 20.0 Å². The predicted molar refractivity (Wildman–Crippen MR) is 129 cm³/mol. The van der Waals surface area contributed by atoms with Gasteiger partial charge in [0.25, 0.3) is 11.9 Å². The van der Waals surface area contributed by atoms with Gasteiger partial charge in [-0.1, -0.05) is 23.7 Å². The summed E-state index contributed by atoms with van der Waals surface area (Å²) in [6.07, 6.45) is 1.66. The second kappa shape index (κ2) is 9.19. The highest BCUT2D eigenvalue weighted by Crippen LogP contribution is 2.31. The van der Waals surface area contributed by atoms with Crippen molar-refractivity contribution in [3.8, 4) is 11.4 Å². The number of carbonyl (C=O) groups excluding carboxylic acids is 1. The van der Waals surface area contributed by atoms with E-state index < -0.39 is 11.9 Å². The summed E-state index contributed by atoms with van der Waals surface area (Å²) in [7, 11) is 0. The van der Waals surface area contributed by atoms with E-state index in [1.54, 1.807) is 36.5 Å². The number of carbonyl (C=O) groups is 1. The van der Waals surface area contributed by atoms with Gasteiger partial charge in [0.1, 0.15) is 11.6 Å². The molecule has 1 unspecified atom stereocenters. The van der Waals surface area contributed by atoms with E-state index in [0.29, 0.717) is 33.3 Å². The second-order valence-electron chi connectivity index (χ2n) is 7.85. The van der Waals surface area contributed by atoms with E-state index in [0.717, 1.165) is 17.3 Å². The first kappa shape index (κ1) is 22.5. The molecule has 2 aromatic carbocycles. The molecule has 0 radical (unpaired) electrons. The third-order valence-electron chi connectivity index (χ3n) is 5.37. The third kappa shape index (κ3) is 4.85. The van der Waals surface area contributed by atoms with Gasteiger partial charge in [0.15, 0.2) is 11.4 Å². The number of benzene rings is 2. The molecule has 1 amide bonds. The van der Waals surface area contributed by atoms with E-state index in [-0.39, 0.29) is 17.6 Å². The van der Waals surface area contributed by atoms with Crippen LogP contribution in [0.25, 0.3) is 22.6 Å². The number of rotatable bonds is 6. The Morgan fingerprint density at radius 3 is 2.60 bits per heavy atom. The molecule has 0 spiro atoms. The molecular formula is C25H18ClF2N5O2. The summed E-state index contributed by atoms with van der Waals surface area (Å²) in [5.41, 5.74) is 3.81. The lowest BCUT2D eigenvalue weighted by Crippen LogP contribution is -2.10. The van der Waals surface area contributed by atoms with Crippen LogP contribution in [0.15, 0.2) is 71.3 Å². The zero-order valence-corrected chi connectivity index (χ0v) is 19.0. The Hall–Kier alpha value is -4.24. The minimum atomic E-state index is -0.845. The van der Waals surface area contributed by atoms with Crippen molar-refractivity contribution in [2.45, 2.75) is 13.0 Å². The van der Waals surface area contributed by atoms with Crippen LogP contribution in [0.4, 0.5) is 20.2 Å². The first-order valence-corrected chi connectivity index (χ1v) is 11.0. The molecule has 10 heteroatoms. The fourth-order valence-corrected chi connectivity index (χ4v) is 3.81. The Kier molecular flexibility index (Phi) is 5.92. The fraction of sp³-hybridized carbons (Fsp3) is 0.0800. The van der Waals surface area contributed by atoms with Gasteiger partial charge in [-0.2, -0.15) is 4.39 Å². The lowest BCUT2D eigenvalue weighted by molar-refractivity contribution is 0.0988. The lowest BCUT2D eigenvalue weighted by atomic mass is 10.1. The number of nitrogens with one attached hydrogen (secondary N) is 3. The van der Waals surface area contributed by atoms with Gasteiger partial charge in [0.05, 0.1) is 22.4 Å². The summed E-state index contributed by atoms with van der Waals surface area (Å²) in [5, 5.41) is 6.39. The Morgan fingerprint density at radius 1 is 1.06 bits per heavy atom. The van der Waals surface area contributed by atoms with Crippen LogP contribution in [0.3, 0.4) is 0 Å². The minimum Gasteiger partial charge on any atom is -0.426 e. The number of amides is 1. The van der Waals surface area contributed by atoms with E-state index in [1.165, 1.54) is 18.2 Å². The lowest BCUT2D eigenvalue weighted by Gasteiger charge is -2.15. The molecule has 7 nitrogen and oxygen atoms in total. The van der Waals surface area contributed by atoms with Gasteiger partial charge in [-0.05, 0) is 55.0 Å². The molecule has 3 heterocycles. The van der Waals surface area contributed by atoms with Crippen molar-refractivity contribution >= 4 is 40.0 Å². The van der Waals surface area contributed by atoms with Crippen LogP contribution in [-0.2, 0) is 0 Å². The van der Waals surface area contributed by atoms with Crippen LogP contribution in [0.5, 0.6) is 0 Å². The number of furan rings is 1. The van der Waals surface area contributed by atoms with Crippen molar-refractivity contribution in [2.24, 2.45) is 0 Å². The highest BCUT2D eigenvalue weighted by Gasteiger charge is 2.15. The minimum absolute atomic E-state index is 0.0744. The van der Waals surface area contributed by atoms with Gasteiger partial charge in [-0.15, -0.1) is 0 Å². The van der Waals surface area contributed by atoms with Crippen LogP contribution in [0.1, 0.15) is 29.1 Å². The SMILES string of the molecule is CC(Nc1cnc2nc(-c3cc(NC(=O)c4ccc(F)o4)ccc3Cl)[nH]c2c1)c1ccc(F)cc1. The molecular weight excluding hydrogens is 476 g/mol. The van der Waals surface area contributed by atoms with Crippen molar-refractivity contribution in [3.05, 3.63) is 95.0 Å². The number of H-pyrrole nitrogens is 1. The molecule has 0 aliphatic carbocycles. The standard InChI is InChI=1S/C25H18ClF2N5O2/c1-13(14-2-4-15(27)5-3-14)30-17-11-20-24(29-12-17)33-23(32-20)18-10-16(6-7-19(18)26)31-25(34)21-8-9-22(28)35-21/h2-13,30H,1H3,(H,31,34)(H,29,32,33). The van der Waals surface area contributed by atoms with Crippen molar-refractivity contribution in [1.29, 1.82) is 0 Å². The normalized spacial score (nSPS) is 12.0. The molecule has 176 valence electrons. The highest BCUT2D eigenvalue weighted by atomic mass is 35.5. The third-order valence-corrected chi connectivity index (χ3v) is 5.70.